The molecule has 4 rings (SSSR count). The van der Waals surface area contributed by atoms with Crippen molar-refractivity contribution in [3.05, 3.63) is 24.4 Å². The first-order valence-electron chi connectivity index (χ1n) is 9.74. The number of likely N-dealkylation sites (N-methyl/N-ethyl adjacent to an activating group) is 1. The molecule has 148 valence electrons. The average molecular weight is 383 g/mol. The Balaban J connectivity index is 1.78. The van der Waals surface area contributed by atoms with Crippen molar-refractivity contribution in [2.24, 2.45) is 0 Å². The van der Waals surface area contributed by atoms with Gasteiger partial charge in [0.1, 0.15) is 23.8 Å². The van der Waals surface area contributed by atoms with Crippen LogP contribution in [-0.2, 0) is 4.79 Å². The number of carbonyl (C=O) groups excluding carboxylic acids is 2. The van der Waals surface area contributed by atoms with Gasteiger partial charge >= 0.3 is 0 Å². The summed E-state index contributed by atoms with van der Waals surface area (Å²) < 4.78 is 1.63. The molecule has 3 heterocycles. The van der Waals surface area contributed by atoms with Gasteiger partial charge in [-0.05, 0) is 19.3 Å². The number of carbonyl (C=O) groups is 2. The number of hydrogen-bond donors (Lipinski definition) is 1. The van der Waals surface area contributed by atoms with Crippen LogP contribution in [0.1, 0.15) is 49.5 Å². The predicted molar refractivity (Wildman–Crippen MR) is 105 cm³/mol. The number of imidazole rings is 1. The number of aromatic nitrogens is 4. The lowest BCUT2D eigenvalue weighted by Gasteiger charge is -2.43. The normalized spacial score (nSPS) is 19.8. The highest BCUT2D eigenvalue weighted by Gasteiger charge is 2.41. The molecule has 0 bridgehead atoms. The molecule has 9 heteroatoms. The maximum absolute atomic E-state index is 12.9. The van der Waals surface area contributed by atoms with Crippen LogP contribution in [0, 0.1) is 0 Å². The number of rotatable bonds is 4. The Hall–Kier alpha value is -2.97. The van der Waals surface area contributed by atoms with Gasteiger partial charge in [-0.1, -0.05) is 19.8 Å². The quantitative estimate of drug-likeness (QED) is 0.860. The minimum absolute atomic E-state index is 0.0859. The zero-order valence-electron chi connectivity index (χ0n) is 16.4. The third-order valence-electron chi connectivity index (χ3n) is 5.67. The van der Waals surface area contributed by atoms with Crippen LogP contribution < -0.4 is 15.1 Å². The fraction of sp³-hybridized carbons (Fsp3) is 0.526. The molecule has 0 unspecified atom stereocenters. The summed E-state index contributed by atoms with van der Waals surface area (Å²) in [6.45, 7) is 2.04. The summed E-state index contributed by atoms with van der Waals surface area (Å²) in [6.07, 6.45) is 10.0. The number of nitrogens with one attached hydrogen (secondary N) is 1. The molecular formula is C19H25N7O2. The predicted octanol–water partition coefficient (Wildman–Crippen LogP) is 1.53. The number of fused-ring (bicyclic) bond motifs is 1. The van der Waals surface area contributed by atoms with Crippen molar-refractivity contribution < 1.29 is 9.59 Å². The van der Waals surface area contributed by atoms with E-state index < -0.39 is 0 Å². The van der Waals surface area contributed by atoms with Crippen molar-refractivity contribution in [1.29, 1.82) is 0 Å². The Labute approximate surface area is 163 Å². The Morgan fingerprint density at radius 1 is 1.29 bits per heavy atom. The van der Waals surface area contributed by atoms with E-state index in [0.717, 1.165) is 30.8 Å². The number of nitrogens with zero attached hydrogens (tertiary/aromatic N) is 6. The average Bonchev–Trinajstić information content (AvgIpc) is 3.41. The minimum atomic E-state index is -0.263. The molecule has 0 aromatic carbocycles. The highest BCUT2D eigenvalue weighted by molar-refractivity contribution is 6.04. The summed E-state index contributed by atoms with van der Waals surface area (Å²) in [4.78, 5) is 41.9. The molecule has 0 spiro atoms. The zero-order chi connectivity index (χ0) is 19.8. The molecule has 2 aliphatic rings. The van der Waals surface area contributed by atoms with E-state index in [1.807, 2.05) is 6.92 Å². The van der Waals surface area contributed by atoms with Crippen molar-refractivity contribution in [3.8, 4) is 5.95 Å². The van der Waals surface area contributed by atoms with Crippen molar-refractivity contribution in [3.63, 3.8) is 0 Å². The molecule has 28 heavy (non-hydrogen) atoms. The van der Waals surface area contributed by atoms with Crippen LogP contribution in [0.15, 0.2) is 18.7 Å². The van der Waals surface area contributed by atoms with E-state index >= 15 is 0 Å². The lowest BCUT2D eigenvalue weighted by molar-refractivity contribution is -0.120. The topological polar surface area (TPSA) is 96.2 Å². The van der Waals surface area contributed by atoms with Gasteiger partial charge < -0.3 is 15.1 Å². The molecule has 2 amide bonds. The molecular weight excluding hydrogens is 358 g/mol. The lowest BCUT2D eigenvalue weighted by atomic mass is 10.0. The molecule has 1 saturated carbocycles. The van der Waals surface area contributed by atoms with E-state index in [2.05, 4.69) is 20.2 Å². The van der Waals surface area contributed by atoms with Crippen LogP contribution in [0.25, 0.3) is 5.95 Å². The largest absolute Gasteiger partial charge is 0.354 e. The second kappa shape index (κ2) is 7.21. The van der Waals surface area contributed by atoms with Crippen LogP contribution in [-0.4, -0.2) is 57.5 Å². The second-order valence-electron chi connectivity index (χ2n) is 7.29. The molecule has 1 aliphatic heterocycles. The van der Waals surface area contributed by atoms with E-state index in [0.29, 0.717) is 17.7 Å². The molecule has 0 radical (unpaired) electrons. The Bertz CT molecular complexity index is 903. The minimum Gasteiger partial charge on any atom is -0.354 e. The van der Waals surface area contributed by atoms with Gasteiger partial charge in [-0.2, -0.15) is 4.98 Å². The highest BCUT2D eigenvalue weighted by atomic mass is 16.2. The number of anilines is 2. The van der Waals surface area contributed by atoms with E-state index in [9.17, 15) is 9.59 Å². The Kier molecular flexibility index (Phi) is 4.74. The van der Waals surface area contributed by atoms with Gasteiger partial charge in [-0.3, -0.25) is 14.2 Å². The molecule has 1 aliphatic carbocycles. The molecule has 9 nitrogen and oxygen atoms in total. The van der Waals surface area contributed by atoms with Crippen molar-refractivity contribution in [1.82, 2.24) is 24.8 Å². The van der Waals surface area contributed by atoms with E-state index in [-0.39, 0.29) is 17.9 Å². The highest BCUT2D eigenvalue weighted by Crippen LogP contribution is 2.39. The van der Waals surface area contributed by atoms with E-state index in [4.69, 9.17) is 4.98 Å². The van der Waals surface area contributed by atoms with Crippen molar-refractivity contribution in [2.75, 3.05) is 23.9 Å². The summed E-state index contributed by atoms with van der Waals surface area (Å²) in [7, 11) is 3.34. The molecule has 2 aromatic rings. The van der Waals surface area contributed by atoms with Gasteiger partial charge in [0.05, 0.1) is 6.20 Å². The van der Waals surface area contributed by atoms with Crippen LogP contribution in [0.5, 0.6) is 0 Å². The van der Waals surface area contributed by atoms with Gasteiger partial charge in [0.15, 0.2) is 5.82 Å². The van der Waals surface area contributed by atoms with Gasteiger partial charge in [0.2, 0.25) is 11.9 Å². The third-order valence-corrected chi connectivity index (χ3v) is 5.67. The Morgan fingerprint density at radius 2 is 2.04 bits per heavy atom. The third kappa shape index (κ3) is 2.90. The zero-order valence-corrected chi connectivity index (χ0v) is 16.4. The van der Waals surface area contributed by atoms with Crippen LogP contribution in [0.4, 0.5) is 11.5 Å². The van der Waals surface area contributed by atoms with Crippen molar-refractivity contribution in [2.45, 2.75) is 51.1 Å². The second-order valence-corrected chi connectivity index (χ2v) is 7.29. The summed E-state index contributed by atoms with van der Waals surface area (Å²) in [5.41, 5.74) is 1.02. The lowest BCUT2D eigenvalue weighted by Crippen LogP contribution is -2.55. The maximum Gasteiger partial charge on any atom is 0.271 e. The maximum atomic E-state index is 12.9. The first-order valence-corrected chi connectivity index (χ1v) is 9.74. The van der Waals surface area contributed by atoms with Crippen LogP contribution >= 0.6 is 0 Å². The van der Waals surface area contributed by atoms with Crippen LogP contribution in [0.3, 0.4) is 0 Å². The Morgan fingerprint density at radius 3 is 2.71 bits per heavy atom. The molecule has 1 N–H and O–H groups in total. The van der Waals surface area contributed by atoms with Gasteiger partial charge in [0.25, 0.3) is 5.91 Å². The number of hydrogen-bond acceptors (Lipinski definition) is 6. The van der Waals surface area contributed by atoms with Gasteiger partial charge in [0, 0.05) is 26.3 Å². The summed E-state index contributed by atoms with van der Waals surface area (Å²) >= 11 is 0. The summed E-state index contributed by atoms with van der Waals surface area (Å²) in [5, 5.41) is 2.56. The summed E-state index contributed by atoms with van der Waals surface area (Å²) in [5.74, 6) is 1.03. The van der Waals surface area contributed by atoms with Crippen molar-refractivity contribution >= 4 is 23.3 Å². The molecule has 1 fully saturated rings. The number of amides is 2. The van der Waals surface area contributed by atoms with Crippen LogP contribution in [0.2, 0.25) is 0 Å². The fourth-order valence-electron chi connectivity index (χ4n) is 4.18. The molecule has 1 atom stereocenters. The first kappa shape index (κ1) is 18.4. The summed E-state index contributed by atoms with van der Waals surface area (Å²) in [6, 6.07) is 0.0980. The van der Waals surface area contributed by atoms with Gasteiger partial charge in [-0.25, -0.2) is 9.97 Å². The standard InChI is InChI=1S/C19H25N7O2/c1-4-14-18(28)24(3)15-9-21-19(25-10-13(22-11-25)17(27)20-2)23-16(15)26(14)12-7-5-6-8-12/h9-12,14H,4-8H2,1-3H3,(H,20,27)/t14-/m1/s1. The first-order chi connectivity index (χ1) is 13.5. The van der Waals surface area contributed by atoms with E-state index in [1.54, 1.807) is 36.0 Å². The monoisotopic (exact) mass is 383 g/mol. The van der Waals surface area contributed by atoms with Gasteiger partial charge in [-0.15, -0.1) is 0 Å². The van der Waals surface area contributed by atoms with E-state index in [1.165, 1.54) is 19.2 Å². The fourth-order valence-corrected chi connectivity index (χ4v) is 4.18. The molecule has 0 saturated heterocycles. The smallest absolute Gasteiger partial charge is 0.271 e. The SMILES string of the molecule is CC[C@@H]1C(=O)N(C)c2cnc(-n3cnc(C(=O)NC)c3)nc2N1C1CCCC1. The molecule has 2 aromatic heterocycles.